The van der Waals surface area contributed by atoms with Crippen LogP contribution in [0.2, 0.25) is 0 Å². The topological polar surface area (TPSA) is 37.3 Å². The predicted molar refractivity (Wildman–Crippen MR) is 84.7 cm³/mol. The number of Topliss-reactive ketones (excluding diaryl/α,β-unsaturated/α-hetero) is 1. The van der Waals surface area contributed by atoms with Crippen molar-refractivity contribution in [2.75, 3.05) is 0 Å². The molecular formula is C18H12O2S. The number of hydrogen-bond donors (Lipinski definition) is 1. The second-order valence-electron chi connectivity index (χ2n) is 5.09. The molecule has 1 heterocycles. The summed E-state index contributed by atoms with van der Waals surface area (Å²) in [6, 6.07) is 17.3. The van der Waals surface area contributed by atoms with Gasteiger partial charge in [-0.3, -0.25) is 4.79 Å². The highest BCUT2D eigenvalue weighted by Gasteiger charge is 2.26. The van der Waals surface area contributed by atoms with Gasteiger partial charge in [0, 0.05) is 20.9 Å². The van der Waals surface area contributed by atoms with Crippen LogP contribution in [-0.2, 0) is 0 Å². The average Bonchev–Trinajstić information content (AvgIpc) is 2.98. The van der Waals surface area contributed by atoms with Gasteiger partial charge in [0.05, 0.1) is 6.10 Å². The molecule has 0 fully saturated rings. The first kappa shape index (κ1) is 12.5. The highest BCUT2D eigenvalue weighted by Crippen LogP contribution is 2.38. The molecule has 3 aliphatic rings. The molecule has 2 aliphatic carbocycles. The number of allylic oxidation sites excluding steroid dienone is 1. The second-order valence-corrected chi connectivity index (χ2v) is 6.17. The van der Waals surface area contributed by atoms with Gasteiger partial charge in [0.25, 0.3) is 0 Å². The lowest BCUT2D eigenvalue weighted by Crippen LogP contribution is -2.14. The first-order valence-electron chi connectivity index (χ1n) is 6.76. The Labute approximate surface area is 126 Å². The molecule has 21 heavy (non-hydrogen) atoms. The Bertz CT molecular complexity index is 844. The summed E-state index contributed by atoms with van der Waals surface area (Å²) in [4.78, 5) is 14.7. The van der Waals surface area contributed by atoms with Gasteiger partial charge in [-0.25, -0.2) is 0 Å². The molecule has 0 bridgehead atoms. The monoisotopic (exact) mass is 292 g/mol. The Balaban J connectivity index is 1.86. The zero-order valence-electron chi connectivity index (χ0n) is 11.1. The van der Waals surface area contributed by atoms with Crippen molar-refractivity contribution in [2.45, 2.75) is 6.10 Å². The van der Waals surface area contributed by atoms with E-state index in [-0.39, 0.29) is 5.78 Å². The predicted octanol–water partition coefficient (Wildman–Crippen LogP) is 4.17. The van der Waals surface area contributed by atoms with Crippen LogP contribution in [0.25, 0.3) is 16.0 Å². The summed E-state index contributed by atoms with van der Waals surface area (Å²) in [6.45, 7) is 0. The number of carbonyl (C=O) groups is 1. The summed E-state index contributed by atoms with van der Waals surface area (Å²) in [7, 11) is 0. The Kier molecular flexibility index (Phi) is 2.77. The van der Waals surface area contributed by atoms with Crippen molar-refractivity contribution in [1.82, 2.24) is 0 Å². The molecule has 0 amide bonds. The average molecular weight is 292 g/mol. The standard InChI is InChI=1S/C18H12O2S/c19-15-10-14(18(20)13-6-2-1-5-12(13)15)17-9-8-11-4-3-7-16(11)21-17/h1-10,15,19H. The van der Waals surface area contributed by atoms with Gasteiger partial charge < -0.3 is 5.11 Å². The van der Waals surface area contributed by atoms with Crippen LogP contribution in [0, 0.1) is 0 Å². The zero-order valence-corrected chi connectivity index (χ0v) is 11.9. The maximum absolute atomic E-state index is 12.7. The quantitative estimate of drug-likeness (QED) is 0.731. The smallest absolute Gasteiger partial charge is 0.194 e. The van der Waals surface area contributed by atoms with Crippen molar-refractivity contribution in [3.05, 3.63) is 76.7 Å². The van der Waals surface area contributed by atoms with Gasteiger partial charge in [-0.2, -0.15) is 0 Å². The SMILES string of the molecule is O=C1C(c2ccc3cccc-3s2)=CC(O)c2ccccc21. The molecule has 1 aliphatic heterocycles. The van der Waals surface area contributed by atoms with Crippen molar-refractivity contribution >= 4 is 22.7 Å². The van der Waals surface area contributed by atoms with Crippen molar-refractivity contribution in [2.24, 2.45) is 0 Å². The normalized spacial score (nSPS) is 17.7. The van der Waals surface area contributed by atoms with Crippen LogP contribution in [0.1, 0.15) is 26.9 Å². The van der Waals surface area contributed by atoms with Gasteiger partial charge in [-0.15, -0.1) is 11.3 Å². The van der Waals surface area contributed by atoms with E-state index in [0.29, 0.717) is 16.7 Å². The maximum atomic E-state index is 12.7. The highest BCUT2D eigenvalue weighted by molar-refractivity contribution is 7.16. The van der Waals surface area contributed by atoms with Crippen LogP contribution in [0.5, 0.6) is 0 Å². The summed E-state index contributed by atoms with van der Waals surface area (Å²) in [5.74, 6) is -0.0157. The van der Waals surface area contributed by atoms with E-state index in [1.54, 1.807) is 29.5 Å². The minimum Gasteiger partial charge on any atom is -0.384 e. The van der Waals surface area contributed by atoms with Gasteiger partial charge in [-0.1, -0.05) is 42.5 Å². The second kappa shape index (κ2) is 4.65. The fraction of sp³-hybridized carbons (Fsp3) is 0.0556. The summed E-state index contributed by atoms with van der Waals surface area (Å²) in [6.07, 6.45) is 0.933. The number of ketones is 1. The molecule has 0 saturated heterocycles. The van der Waals surface area contributed by atoms with Crippen molar-refractivity contribution in [3.8, 4) is 10.4 Å². The lowest BCUT2D eigenvalue weighted by atomic mass is 9.88. The van der Waals surface area contributed by atoms with Gasteiger partial charge in [-0.05, 0) is 29.3 Å². The van der Waals surface area contributed by atoms with Crippen LogP contribution in [0.4, 0.5) is 0 Å². The van der Waals surface area contributed by atoms with E-state index in [1.807, 2.05) is 36.4 Å². The molecule has 1 aromatic rings. The van der Waals surface area contributed by atoms with E-state index in [0.717, 1.165) is 9.75 Å². The number of rotatable bonds is 1. The lowest BCUT2D eigenvalue weighted by molar-refractivity contribution is 0.104. The number of benzene rings is 1. The van der Waals surface area contributed by atoms with Gasteiger partial charge in [0.1, 0.15) is 0 Å². The number of hydrogen-bond acceptors (Lipinski definition) is 3. The van der Waals surface area contributed by atoms with E-state index < -0.39 is 6.10 Å². The Morgan fingerprint density at radius 1 is 0.905 bits per heavy atom. The Morgan fingerprint density at radius 2 is 1.76 bits per heavy atom. The van der Waals surface area contributed by atoms with Crippen molar-refractivity contribution in [3.63, 3.8) is 0 Å². The van der Waals surface area contributed by atoms with E-state index in [4.69, 9.17) is 0 Å². The largest absolute Gasteiger partial charge is 0.384 e. The molecule has 1 unspecified atom stereocenters. The van der Waals surface area contributed by atoms with E-state index in [1.165, 1.54) is 5.56 Å². The lowest BCUT2D eigenvalue weighted by Gasteiger charge is -2.20. The summed E-state index contributed by atoms with van der Waals surface area (Å²) in [5, 5.41) is 10.3. The van der Waals surface area contributed by atoms with Crippen LogP contribution >= 0.6 is 11.3 Å². The Morgan fingerprint density at radius 3 is 2.67 bits per heavy atom. The highest BCUT2D eigenvalue weighted by atomic mass is 32.1. The molecule has 0 spiro atoms. The third-order valence-corrected chi connectivity index (χ3v) is 4.97. The molecule has 0 aromatic heterocycles. The third-order valence-electron chi connectivity index (χ3n) is 3.80. The Hall–Kier alpha value is -2.23. The molecule has 2 nitrogen and oxygen atoms in total. The molecule has 1 N–H and O–H groups in total. The zero-order chi connectivity index (χ0) is 14.4. The fourth-order valence-corrected chi connectivity index (χ4v) is 3.78. The van der Waals surface area contributed by atoms with Gasteiger partial charge >= 0.3 is 0 Å². The van der Waals surface area contributed by atoms with Crippen LogP contribution < -0.4 is 0 Å². The van der Waals surface area contributed by atoms with E-state index in [2.05, 4.69) is 6.07 Å². The summed E-state index contributed by atoms with van der Waals surface area (Å²) >= 11 is 1.58. The molecule has 102 valence electrons. The van der Waals surface area contributed by atoms with Crippen LogP contribution in [-0.4, -0.2) is 10.9 Å². The summed E-state index contributed by atoms with van der Waals surface area (Å²) in [5.41, 5.74) is 3.05. The molecule has 0 radical (unpaired) electrons. The maximum Gasteiger partial charge on any atom is 0.194 e. The van der Waals surface area contributed by atoms with E-state index in [9.17, 15) is 9.90 Å². The minimum atomic E-state index is -0.726. The first-order chi connectivity index (χ1) is 10.2. The van der Waals surface area contributed by atoms with Crippen LogP contribution in [0.3, 0.4) is 0 Å². The fourth-order valence-electron chi connectivity index (χ4n) is 2.74. The third kappa shape index (κ3) is 1.94. The number of aliphatic hydroxyl groups excluding tert-OH is 1. The number of fused-ring (bicyclic) bond motifs is 2. The minimum absolute atomic E-state index is 0.0157. The molecule has 3 heteroatoms. The molecular weight excluding hydrogens is 280 g/mol. The van der Waals surface area contributed by atoms with E-state index >= 15 is 0 Å². The van der Waals surface area contributed by atoms with Gasteiger partial charge in [0.15, 0.2) is 5.78 Å². The molecule has 0 saturated carbocycles. The number of carbonyl (C=O) groups excluding carboxylic acids is 1. The van der Waals surface area contributed by atoms with Crippen molar-refractivity contribution < 1.29 is 9.90 Å². The van der Waals surface area contributed by atoms with Crippen molar-refractivity contribution in [1.29, 1.82) is 0 Å². The molecule has 1 aromatic carbocycles. The molecule has 4 rings (SSSR count). The molecule has 1 atom stereocenters. The van der Waals surface area contributed by atoms with Crippen LogP contribution in [0.15, 0.2) is 60.7 Å². The first-order valence-corrected chi connectivity index (χ1v) is 7.58. The summed E-state index contributed by atoms with van der Waals surface area (Å²) < 4.78 is 0. The van der Waals surface area contributed by atoms with Gasteiger partial charge in [0.2, 0.25) is 0 Å². The number of aliphatic hydroxyl groups is 1.